The van der Waals surface area contributed by atoms with Gasteiger partial charge in [0.05, 0.1) is 0 Å². The average Bonchev–Trinajstić information content (AvgIpc) is 2.46. The van der Waals surface area contributed by atoms with E-state index in [1.165, 1.54) is 57.4 Å². The lowest BCUT2D eigenvalue weighted by molar-refractivity contribution is -0.131. The van der Waals surface area contributed by atoms with Gasteiger partial charge in [-0.2, -0.15) is 0 Å². The molecule has 0 unspecified atom stereocenters. The van der Waals surface area contributed by atoms with E-state index in [9.17, 15) is 4.79 Å². The second-order valence-electron chi connectivity index (χ2n) is 6.02. The Labute approximate surface area is 122 Å². The van der Waals surface area contributed by atoms with Gasteiger partial charge in [-0.25, -0.2) is 0 Å². The molecule has 1 fully saturated rings. The van der Waals surface area contributed by atoms with Crippen molar-refractivity contribution in [3.63, 3.8) is 0 Å². The van der Waals surface area contributed by atoms with Crippen LogP contribution in [0.3, 0.4) is 0 Å². The summed E-state index contributed by atoms with van der Waals surface area (Å²) < 4.78 is 5.08. The first-order valence-electron chi connectivity index (χ1n) is 7.97. The topological polar surface area (TPSA) is 26.3 Å². The molecule has 2 heteroatoms. The van der Waals surface area contributed by atoms with E-state index >= 15 is 0 Å². The van der Waals surface area contributed by atoms with Gasteiger partial charge in [-0.1, -0.05) is 38.3 Å². The maximum Gasteiger partial charge on any atom is 0.308 e. The minimum atomic E-state index is -0.255. The average molecular weight is 274 g/mol. The van der Waals surface area contributed by atoms with E-state index in [4.69, 9.17) is 4.74 Å². The molecule has 1 aliphatic rings. The van der Waals surface area contributed by atoms with Crippen molar-refractivity contribution in [3.05, 3.63) is 29.8 Å². The molecule has 0 spiro atoms. The van der Waals surface area contributed by atoms with E-state index in [2.05, 4.69) is 19.1 Å². The predicted octanol–water partition coefficient (Wildman–Crippen LogP) is 5.08. The Kier molecular flexibility index (Phi) is 5.63. The number of unbranched alkanes of at least 4 members (excludes halogenated alkanes) is 1. The van der Waals surface area contributed by atoms with Gasteiger partial charge in [0.2, 0.25) is 0 Å². The quantitative estimate of drug-likeness (QED) is 0.553. The summed E-state index contributed by atoms with van der Waals surface area (Å²) in [6.07, 6.45) is 9.47. The Balaban J connectivity index is 1.85. The van der Waals surface area contributed by atoms with Gasteiger partial charge in [0.25, 0.3) is 0 Å². The molecule has 0 radical (unpaired) electrons. The Morgan fingerprint density at radius 1 is 1.15 bits per heavy atom. The Morgan fingerprint density at radius 3 is 2.35 bits per heavy atom. The summed E-state index contributed by atoms with van der Waals surface area (Å²) in [5.41, 5.74) is 1.40. The third kappa shape index (κ3) is 4.36. The lowest BCUT2D eigenvalue weighted by Crippen LogP contribution is -2.13. The van der Waals surface area contributed by atoms with Crippen molar-refractivity contribution in [3.8, 4) is 5.75 Å². The number of esters is 1. The fourth-order valence-electron chi connectivity index (χ4n) is 3.25. The molecule has 0 bridgehead atoms. The number of benzene rings is 1. The molecule has 1 saturated carbocycles. The van der Waals surface area contributed by atoms with Gasteiger partial charge in [0.15, 0.2) is 0 Å². The highest BCUT2D eigenvalue weighted by Crippen LogP contribution is 2.38. The van der Waals surface area contributed by atoms with Gasteiger partial charge in [-0.15, -0.1) is 0 Å². The number of carbonyl (C=O) groups is 1. The molecular weight excluding hydrogens is 248 g/mol. The summed E-state index contributed by atoms with van der Waals surface area (Å²) in [6, 6.07) is 8.07. The van der Waals surface area contributed by atoms with Crippen LogP contribution in [-0.4, -0.2) is 5.97 Å². The van der Waals surface area contributed by atoms with E-state index < -0.39 is 0 Å². The van der Waals surface area contributed by atoms with E-state index in [0.29, 0.717) is 11.7 Å². The highest BCUT2D eigenvalue weighted by atomic mass is 16.5. The van der Waals surface area contributed by atoms with Gasteiger partial charge in [-0.05, 0) is 55.2 Å². The molecule has 20 heavy (non-hydrogen) atoms. The molecule has 110 valence electrons. The van der Waals surface area contributed by atoms with Gasteiger partial charge < -0.3 is 4.74 Å². The summed E-state index contributed by atoms with van der Waals surface area (Å²) in [5.74, 6) is 2.04. The second-order valence-corrected chi connectivity index (χ2v) is 6.02. The van der Waals surface area contributed by atoms with Gasteiger partial charge in [0, 0.05) is 6.92 Å². The van der Waals surface area contributed by atoms with Crippen LogP contribution in [0.15, 0.2) is 24.3 Å². The minimum Gasteiger partial charge on any atom is -0.427 e. The van der Waals surface area contributed by atoms with Crippen LogP contribution >= 0.6 is 0 Å². The zero-order chi connectivity index (χ0) is 14.4. The maximum atomic E-state index is 10.9. The normalized spacial score (nSPS) is 22.5. The Morgan fingerprint density at radius 2 is 1.80 bits per heavy atom. The Hall–Kier alpha value is -1.31. The molecule has 0 aromatic heterocycles. The molecule has 0 N–H and O–H groups in total. The van der Waals surface area contributed by atoms with Crippen molar-refractivity contribution in [2.24, 2.45) is 5.92 Å². The second kappa shape index (κ2) is 7.47. The van der Waals surface area contributed by atoms with Gasteiger partial charge in [-0.3, -0.25) is 4.79 Å². The van der Waals surface area contributed by atoms with Gasteiger partial charge in [0.1, 0.15) is 5.75 Å². The lowest BCUT2D eigenvalue weighted by atomic mass is 9.77. The van der Waals surface area contributed by atoms with Gasteiger partial charge >= 0.3 is 5.97 Å². The zero-order valence-electron chi connectivity index (χ0n) is 12.7. The molecule has 1 aromatic carbocycles. The van der Waals surface area contributed by atoms with Crippen LogP contribution in [-0.2, 0) is 4.79 Å². The number of carbonyl (C=O) groups excluding carboxylic acids is 1. The molecule has 0 saturated heterocycles. The van der Waals surface area contributed by atoms with E-state index in [1.54, 1.807) is 0 Å². The molecule has 0 atom stereocenters. The maximum absolute atomic E-state index is 10.9. The number of ether oxygens (including phenoxy) is 1. The van der Waals surface area contributed by atoms with Crippen molar-refractivity contribution in [1.82, 2.24) is 0 Å². The summed E-state index contributed by atoms with van der Waals surface area (Å²) in [4.78, 5) is 10.9. The van der Waals surface area contributed by atoms with Crippen molar-refractivity contribution >= 4 is 5.97 Å². The Bertz CT molecular complexity index is 414. The summed E-state index contributed by atoms with van der Waals surface area (Å²) >= 11 is 0. The molecule has 1 aromatic rings. The van der Waals surface area contributed by atoms with Crippen LogP contribution in [0, 0.1) is 5.92 Å². The standard InChI is InChI=1S/C18H26O2/c1-3-4-5-15-6-8-16(9-7-15)17-10-12-18(13-11-17)20-14(2)19/h10-13,15-16H,3-9H2,1-2H3/t15-,16-. The third-order valence-electron chi connectivity index (χ3n) is 4.43. The molecule has 2 rings (SSSR count). The summed E-state index contributed by atoms with van der Waals surface area (Å²) in [5, 5.41) is 0. The van der Waals surface area contributed by atoms with Crippen molar-refractivity contribution in [1.29, 1.82) is 0 Å². The predicted molar refractivity (Wildman–Crippen MR) is 82.0 cm³/mol. The summed E-state index contributed by atoms with van der Waals surface area (Å²) in [6.45, 7) is 3.71. The third-order valence-corrected chi connectivity index (χ3v) is 4.43. The van der Waals surface area contributed by atoms with Crippen molar-refractivity contribution < 1.29 is 9.53 Å². The minimum absolute atomic E-state index is 0.255. The zero-order valence-corrected chi connectivity index (χ0v) is 12.7. The fraction of sp³-hybridized carbons (Fsp3) is 0.611. The van der Waals surface area contributed by atoms with Crippen LogP contribution in [0.2, 0.25) is 0 Å². The first-order valence-corrected chi connectivity index (χ1v) is 7.97. The smallest absolute Gasteiger partial charge is 0.308 e. The highest BCUT2D eigenvalue weighted by Gasteiger charge is 2.21. The molecule has 0 aliphatic heterocycles. The highest BCUT2D eigenvalue weighted by molar-refractivity contribution is 5.69. The van der Waals surface area contributed by atoms with Crippen LogP contribution in [0.5, 0.6) is 5.75 Å². The molecule has 1 aliphatic carbocycles. The van der Waals surface area contributed by atoms with Crippen LogP contribution in [0.1, 0.15) is 70.3 Å². The summed E-state index contributed by atoms with van der Waals surface area (Å²) in [7, 11) is 0. The van der Waals surface area contributed by atoms with Crippen LogP contribution in [0.4, 0.5) is 0 Å². The fourth-order valence-corrected chi connectivity index (χ4v) is 3.25. The molecule has 2 nitrogen and oxygen atoms in total. The van der Waals surface area contributed by atoms with Crippen molar-refractivity contribution in [2.75, 3.05) is 0 Å². The first-order chi connectivity index (χ1) is 9.69. The van der Waals surface area contributed by atoms with Crippen molar-refractivity contribution in [2.45, 2.75) is 64.7 Å². The number of rotatable bonds is 5. The van der Waals surface area contributed by atoms with Crippen LogP contribution in [0.25, 0.3) is 0 Å². The first kappa shape index (κ1) is 15.1. The lowest BCUT2D eigenvalue weighted by Gasteiger charge is -2.28. The van der Waals surface area contributed by atoms with E-state index in [-0.39, 0.29) is 5.97 Å². The number of hydrogen-bond acceptors (Lipinski definition) is 2. The molecular formula is C18H26O2. The van der Waals surface area contributed by atoms with E-state index in [1.807, 2.05) is 12.1 Å². The largest absolute Gasteiger partial charge is 0.427 e. The number of hydrogen-bond donors (Lipinski definition) is 0. The SMILES string of the molecule is CCCC[C@H]1CC[C@H](c2ccc(OC(C)=O)cc2)CC1. The molecule has 0 amide bonds. The molecule has 0 heterocycles. The van der Waals surface area contributed by atoms with Crippen LogP contribution < -0.4 is 4.74 Å². The monoisotopic (exact) mass is 274 g/mol. The van der Waals surface area contributed by atoms with E-state index in [0.717, 1.165) is 5.92 Å².